The standard InChI is InChI=1S/C5H5N.C3H6O/c1-2-4-6-5-3-1;1-2-3-4/h1-5H;2,4H,1,3H2. The van der Waals surface area contributed by atoms with Gasteiger partial charge in [-0.2, -0.15) is 0 Å². The van der Waals surface area contributed by atoms with E-state index in [1.54, 1.807) is 12.4 Å². The smallest absolute Gasteiger partial charge is 0.0609 e. The first-order valence-electron chi connectivity index (χ1n) is 2.98. The van der Waals surface area contributed by atoms with Gasteiger partial charge in [-0.25, -0.2) is 0 Å². The van der Waals surface area contributed by atoms with Crippen LogP contribution in [0.25, 0.3) is 0 Å². The maximum Gasteiger partial charge on any atom is 0.0609 e. The number of pyridine rings is 1. The molecule has 1 aromatic heterocycles. The Morgan fingerprint density at radius 2 is 1.80 bits per heavy atom. The Balaban J connectivity index is 0.000000180. The average Bonchev–Trinajstić information content (AvgIpc) is 2.08. The van der Waals surface area contributed by atoms with E-state index in [9.17, 15) is 0 Å². The molecule has 0 amide bonds. The van der Waals surface area contributed by atoms with E-state index in [1.165, 1.54) is 6.08 Å². The third kappa shape index (κ3) is 6.85. The summed E-state index contributed by atoms with van der Waals surface area (Å²) < 4.78 is 0. The van der Waals surface area contributed by atoms with Gasteiger partial charge >= 0.3 is 0 Å². The van der Waals surface area contributed by atoms with E-state index in [-0.39, 0.29) is 6.61 Å². The number of nitrogens with zero attached hydrogens (tertiary/aromatic N) is 1. The highest BCUT2D eigenvalue weighted by molar-refractivity contribution is 4.88. The topological polar surface area (TPSA) is 33.1 Å². The second-order valence-corrected chi connectivity index (χ2v) is 1.50. The predicted molar refractivity (Wildman–Crippen MR) is 41.5 cm³/mol. The molecule has 0 spiro atoms. The van der Waals surface area contributed by atoms with Crippen LogP contribution in [0.5, 0.6) is 0 Å². The SMILES string of the molecule is C=CCO.c1ccncc1. The molecule has 0 fully saturated rings. The lowest BCUT2D eigenvalue weighted by Gasteiger charge is -1.70. The van der Waals surface area contributed by atoms with Gasteiger partial charge in [0.1, 0.15) is 0 Å². The molecule has 0 aliphatic rings. The molecule has 0 radical (unpaired) electrons. The molecule has 1 rings (SSSR count). The van der Waals surface area contributed by atoms with Crippen LogP contribution in [0.2, 0.25) is 0 Å². The molecular formula is C8H11NO. The monoisotopic (exact) mass is 137 g/mol. The fourth-order valence-electron chi connectivity index (χ4n) is 0.313. The van der Waals surface area contributed by atoms with Gasteiger partial charge in [-0.05, 0) is 12.1 Å². The molecule has 2 nitrogen and oxygen atoms in total. The summed E-state index contributed by atoms with van der Waals surface area (Å²) in [4.78, 5) is 3.78. The lowest BCUT2D eigenvalue weighted by atomic mass is 10.5. The highest BCUT2D eigenvalue weighted by Crippen LogP contribution is 1.73. The molecule has 0 aromatic carbocycles. The van der Waals surface area contributed by atoms with Crippen molar-refractivity contribution in [3.63, 3.8) is 0 Å². The quantitative estimate of drug-likeness (QED) is 0.591. The fraction of sp³-hybridized carbons (Fsp3) is 0.125. The Kier molecular flexibility index (Phi) is 6.95. The van der Waals surface area contributed by atoms with Crippen molar-refractivity contribution in [2.75, 3.05) is 6.61 Å². The van der Waals surface area contributed by atoms with Crippen molar-refractivity contribution < 1.29 is 5.11 Å². The predicted octanol–water partition coefficient (Wildman–Crippen LogP) is 1.25. The van der Waals surface area contributed by atoms with Crippen LogP contribution in [0.1, 0.15) is 0 Å². The zero-order valence-corrected chi connectivity index (χ0v) is 5.77. The molecule has 0 bridgehead atoms. The van der Waals surface area contributed by atoms with E-state index < -0.39 is 0 Å². The molecule has 0 unspecified atom stereocenters. The van der Waals surface area contributed by atoms with Crippen molar-refractivity contribution >= 4 is 0 Å². The van der Waals surface area contributed by atoms with Crippen LogP contribution < -0.4 is 0 Å². The number of aliphatic hydroxyl groups excluding tert-OH is 1. The van der Waals surface area contributed by atoms with Gasteiger partial charge in [0, 0.05) is 12.4 Å². The molecule has 0 atom stereocenters. The number of hydrogen-bond acceptors (Lipinski definition) is 2. The van der Waals surface area contributed by atoms with Gasteiger partial charge in [0.05, 0.1) is 6.61 Å². The molecule has 1 N–H and O–H groups in total. The van der Waals surface area contributed by atoms with E-state index in [2.05, 4.69) is 11.6 Å². The van der Waals surface area contributed by atoms with Crippen LogP contribution >= 0.6 is 0 Å². The van der Waals surface area contributed by atoms with Gasteiger partial charge in [0.2, 0.25) is 0 Å². The first kappa shape index (κ1) is 8.85. The van der Waals surface area contributed by atoms with Crippen LogP contribution in [0.15, 0.2) is 43.2 Å². The van der Waals surface area contributed by atoms with E-state index in [0.717, 1.165) is 0 Å². The Morgan fingerprint density at radius 1 is 1.30 bits per heavy atom. The lowest BCUT2D eigenvalue weighted by Crippen LogP contribution is -1.62. The summed E-state index contributed by atoms with van der Waals surface area (Å²) in [6, 6.07) is 5.72. The van der Waals surface area contributed by atoms with Crippen molar-refractivity contribution in [2.45, 2.75) is 0 Å². The van der Waals surface area contributed by atoms with E-state index in [0.29, 0.717) is 0 Å². The molecule has 54 valence electrons. The molecule has 1 aromatic rings. The van der Waals surface area contributed by atoms with Gasteiger partial charge < -0.3 is 5.11 Å². The van der Waals surface area contributed by atoms with Crippen molar-refractivity contribution in [1.29, 1.82) is 0 Å². The molecule has 0 aliphatic heterocycles. The molecule has 0 aliphatic carbocycles. The summed E-state index contributed by atoms with van der Waals surface area (Å²) in [7, 11) is 0. The number of rotatable bonds is 1. The van der Waals surface area contributed by atoms with Gasteiger partial charge in [0.25, 0.3) is 0 Å². The van der Waals surface area contributed by atoms with Crippen molar-refractivity contribution in [1.82, 2.24) is 4.98 Å². The highest BCUT2D eigenvalue weighted by atomic mass is 16.2. The first-order chi connectivity index (χ1) is 4.91. The number of aliphatic hydroxyl groups is 1. The average molecular weight is 137 g/mol. The number of hydrogen-bond donors (Lipinski definition) is 1. The molecule has 0 saturated heterocycles. The second kappa shape index (κ2) is 7.85. The maximum atomic E-state index is 7.76. The van der Waals surface area contributed by atoms with Gasteiger partial charge in [-0.15, -0.1) is 6.58 Å². The minimum atomic E-state index is 0.0833. The van der Waals surface area contributed by atoms with Crippen molar-refractivity contribution in [2.24, 2.45) is 0 Å². The summed E-state index contributed by atoms with van der Waals surface area (Å²) in [6.07, 6.45) is 4.93. The molecule has 10 heavy (non-hydrogen) atoms. The summed E-state index contributed by atoms with van der Waals surface area (Å²) in [6.45, 7) is 3.31. The van der Waals surface area contributed by atoms with Crippen molar-refractivity contribution in [3.8, 4) is 0 Å². The molecule has 0 saturated carbocycles. The highest BCUT2D eigenvalue weighted by Gasteiger charge is 1.58. The molecular weight excluding hydrogens is 126 g/mol. The zero-order chi connectivity index (χ0) is 7.66. The van der Waals surface area contributed by atoms with E-state index >= 15 is 0 Å². The third-order valence-electron chi connectivity index (χ3n) is 0.696. The van der Waals surface area contributed by atoms with Crippen LogP contribution in [0.4, 0.5) is 0 Å². The Morgan fingerprint density at radius 3 is 1.90 bits per heavy atom. The van der Waals surface area contributed by atoms with Gasteiger partial charge in [-0.1, -0.05) is 12.1 Å². The Bertz CT molecular complexity index is 124. The lowest BCUT2D eigenvalue weighted by molar-refractivity contribution is 0.343. The summed E-state index contributed by atoms with van der Waals surface area (Å²) >= 11 is 0. The summed E-state index contributed by atoms with van der Waals surface area (Å²) in [5.41, 5.74) is 0. The molecule has 2 heteroatoms. The van der Waals surface area contributed by atoms with E-state index in [1.807, 2.05) is 18.2 Å². The van der Waals surface area contributed by atoms with Gasteiger partial charge in [0.15, 0.2) is 0 Å². The fourth-order valence-corrected chi connectivity index (χ4v) is 0.313. The minimum absolute atomic E-state index is 0.0833. The second-order valence-electron chi connectivity index (χ2n) is 1.50. The third-order valence-corrected chi connectivity index (χ3v) is 0.696. The van der Waals surface area contributed by atoms with Crippen molar-refractivity contribution in [3.05, 3.63) is 43.2 Å². The van der Waals surface area contributed by atoms with E-state index in [4.69, 9.17) is 5.11 Å². The maximum absolute atomic E-state index is 7.76. The summed E-state index contributed by atoms with van der Waals surface area (Å²) in [5.74, 6) is 0. The van der Waals surface area contributed by atoms with Crippen LogP contribution in [-0.4, -0.2) is 16.7 Å². The summed E-state index contributed by atoms with van der Waals surface area (Å²) in [5, 5.41) is 7.76. The Hall–Kier alpha value is -1.15. The van der Waals surface area contributed by atoms with Gasteiger partial charge in [-0.3, -0.25) is 4.98 Å². The Labute approximate surface area is 60.9 Å². The normalized spacial score (nSPS) is 7.30. The number of aromatic nitrogens is 1. The largest absolute Gasteiger partial charge is 0.392 e. The van der Waals surface area contributed by atoms with Crippen LogP contribution in [0.3, 0.4) is 0 Å². The van der Waals surface area contributed by atoms with Crippen LogP contribution in [-0.2, 0) is 0 Å². The first-order valence-corrected chi connectivity index (χ1v) is 2.98. The van der Waals surface area contributed by atoms with Crippen LogP contribution in [0, 0.1) is 0 Å². The zero-order valence-electron chi connectivity index (χ0n) is 5.77. The molecule has 1 heterocycles. The minimum Gasteiger partial charge on any atom is -0.392 e.